The fraction of sp³-hybridized carbons (Fsp3) is 0.200. The molecule has 4 rings (SSSR count). The second kappa shape index (κ2) is 7.15. The van der Waals surface area contributed by atoms with E-state index in [4.69, 9.17) is 4.98 Å². The Kier molecular flexibility index (Phi) is 4.52. The van der Waals surface area contributed by atoms with Gasteiger partial charge in [0.15, 0.2) is 0 Å². The molecule has 4 heterocycles. The third-order valence-corrected chi connectivity index (χ3v) is 4.60. The minimum absolute atomic E-state index is 0.0328. The van der Waals surface area contributed by atoms with E-state index in [-0.39, 0.29) is 18.0 Å². The summed E-state index contributed by atoms with van der Waals surface area (Å²) in [6.45, 7) is 7.10. The van der Waals surface area contributed by atoms with Crippen molar-refractivity contribution in [2.75, 3.05) is 24.5 Å². The van der Waals surface area contributed by atoms with Crippen molar-refractivity contribution in [2.24, 2.45) is 0 Å². The maximum Gasteiger partial charge on any atom is 0.280 e. The summed E-state index contributed by atoms with van der Waals surface area (Å²) in [5.41, 5.74) is 2.33. The van der Waals surface area contributed by atoms with Crippen molar-refractivity contribution < 1.29 is 4.79 Å². The Morgan fingerprint density at radius 3 is 2.93 bits per heavy atom. The topological polar surface area (TPSA) is 95.9 Å². The van der Waals surface area contributed by atoms with Crippen molar-refractivity contribution in [1.82, 2.24) is 25.1 Å². The quantitative estimate of drug-likeness (QED) is 0.677. The molecule has 8 heteroatoms. The van der Waals surface area contributed by atoms with Crippen LogP contribution in [0.3, 0.4) is 0 Å². The van der Waals surface area contributed by atoms with Crippen molar-refractivity contribution in [3.63, 3.8) is 0 Å². The third kappa shape index (κ3) is 2.98. The van der Waals surface area contributed by atoms with E-state index in [1.54, 1.807) is 18.3 Å². The van der Waals surface area contributed by atoms with Crippen LogP contribution < -0.4 is 15.8 Å². The molecule has 8 nitrogen and oxygen atoms in total. The van der Waals surface area contributed by atoms with Gasteiger partial charge in [-0.2, -0.15) is 0 Å². The number of H-pyrrole nitrogens is 1. The molecule has 0 aliphatic carbocycles. The summed E-state index contributed by atoms with van der Waals surface area (Å²) in [4.78, 5) is 35.6. The lowest BCUT2D eigenvalue weighted by atomic mass is 10.2. The number of nitrogens with one attached hydrogen (secondary N) is 2. The first kappa shape index (κ1) is 17.7. The van der Waals surface area contributed by atoms with Crippen LogP contribution in [0.2, 0.25) is 0 Å². The summed E-state index contributed by atoms with van der Waals surface area (Å²) in [5.74, 6) is 0.648. The van der Waals surface area contributed by atoms with Gasteiger partial charge in [0.2, 0.25) is 5.91 Å². The number of piperazine rings is 1. The first-order valence-electron chi connectivity index (χ1n) is 9.00. The molecule has 0 unspecified atom stereocenters. The van der Waals surface area contributed by atoms with Gasteiger partial charge >= 0.3 is 0 Å². The number of hydrogen-bond acceptors (Lipinski definition) is 5. The van der Waals surface area contributed by atoms with Crippen molar-refractivity contribution in [1.29, 1.82) is 0 Å². The van der Waals surface area contributed by atoms with E-state index in [9.17, 15) is 9.59 Å². The number of carbonyl (C=O) groups is 1. The molecular weight excluding hydrogens is 356 g/mol. The van der Waals surface area contributed by atoms with Gasteiger partial charge in [-0.25, -0.2) is 9.67 Å². The predicted molar refractivity (Wildman–Crippen MR) is 110 cm³/mol. The molecule has 3 aromatic rings. The van der Waals surface area contributed by atoms with Crippen LogP contribution in [0, 0.1) is 0 Å². The molecule has 0 radical (unpaired) electrons. The summed E-state index contributed by atoms with van der Waals surface area (Å²) < 4.78 is 1.45. The third-order valence-electron chi connectivity index (χ3n) is 4.60. The summed E-state index contributed by atoms with van der Waals surface area (Å²) in [7, 11) is 0. The molecule has 0 bridgehead atoms. The van der Waals surface area contributed by atoms with E-state index in [2.05, 4.69) is 22.0 Å². The predicted octanol–water partition coefficient (Wildman–Crippen LogP) is 1.81. The maximum absolute atomic E-state index is 12.9. The zero-order chi connectivity index (χ0) is 19.7. The SMILES string of the molecule is C=C/C=C(\C=C/C)n1[nH]c2c(cnc3ccc(N4CCNC(=O)C4)nc32)c1=O. The van der Waals surface area contributed by atoms with Gasteiger partial charge in [-0.15, -0.1) is 0 Å². The van der Waals surface area contributed by atoms with Gasteiger partial charge in [0.1, 0.15) is 11.3 Å². The lowest BCUT2D eigenvalue weighted by Gasteiger charge is -2.27. The number of rotatable bonds is 4. The Bertz CT molecular complexity index is 1200. The molecule has 0 saturated carbocycles. The highest BCUT2D eigenvalue weighted by molar-refractivity contribution is 6.01. The Balaban J connectivity index is 1.91. The van der Waals surface area contributed by atoms with Gasteiger partial charge in [0, 0.05) is 19.3 Å². The number of aromatic nitrogens is 4. The van der Waals surface area contributed by atoms with E-state index in [1.165, 1.54) is 4.68 Å². The minimum atomic E-state index is -0.208. The number of amides is 1. The molecule has 0 aromatic carbocycles. The molecule has 3 aromatic heterocycles. The number of hydrogen-bond donors (Lipinski definition) is 2. The number of carbonyl (C=O) groups excluding carboxylic acids is 1. The second-order valence-corrected chi connectivity index (χ2v) is 6.44. The number of allylic oxidation sites excluding steroid dienone is 5. The number of fused-ring (bicyclic) bond motifs is 3. The van der Waals surface area contributed by atoms with E-state index < -0.39 is 0 Å². The fourth-order valence-corrected chi connectivity index (χ4v) is 3.30. The van der Waals surface area contributed by atoms with Crippen molar-refractivity contribution in [3.8, 4) is 0 Å². The zero-order valence-electron chi connectivity index (χ0n) is 15.5. The maximum atomic E-state index is 12.9. The van der Waals surface area contributed by atoms with Crippen LogP contribution in [0.25, 0.3) is 27.6 Å². The molecule has 2 N–H and O–H groups in total. The average molecular weight is 376 g/mol. The molecule has 1 aliphatic heterocycles. The summed E-state index contributed by atoms with van der Waals surface area (Å²) in [5, 5.41) is 6.41. The highest BCUT2D eigenvalue weighted by Gasteiger charge is 2.19. The summed E-state index contributed by atoms with van der Waals surface area (Å²) >= 11 is 0. The molecule has 142 valence electrons. The van der Waals surface area contributed by atoms with E-state index in [0.717, 1.165) is 0 Å². The van der Waals surface area contributed by atoms with Gasteiger partial charge < -0.3 is 10.2 Å². The molecule has 1 fully saturated rings. The van der Waals surface area contributed by atoms with Crippen LogP contribution in [0.1, 0.15) is 6.92 Å². The Morgan fingerprint density at radius 1 is 1.32 bits per heavy atom. The average Bonchev–Trinajstić information content (AvgIpc) is 3.04. The molecule has 1 amide bonds. The zero-order valence-corrected chi connectivity index (χ0v) is 15.5. The fourth-order valence-electron chi connectivity index (χ4n) is 3.30. The lowest BCUT2D eigenvalue weighted by Crippen LogP contribution is -2.48. The van der Waals surface area contributed by atoms with Crippen LogP contribution >= 0.6 is 0 Å². The smallest absolute Gasteiger partial charge is 0.280 e. The van der Waals surface area contributed by atoms with Crippen LogP contribution in [0.5, 0.6) is 0 Å². The van der Waals surface area contributed by atoms with Gasteiger partial charge in [0.25, 0.3) is 5.56 Å². The van der Waals surface area contributed by atoms with Crippen molar-refractivity contribution in [2.45, 2.75) is 6.92 Å². The van der Waals surface area contributed by atoms with Gasteiger partial charge in [-0.05, 0) is 31.2 Å². The lowest BCUT2D eigenvalue weighted by molar-refractivity contribution is -0.120. The standard InChI is InChI=1S/C20H20N6O2/c1-3-5-13(6-4-2)26-20(28)14-11-22-15-7-8-16(23-19(15)18(14)24-26)25-10-9-21-17(27)12-25/h3-8,11,24H,1,9-10,12H2,2H3,(H,21,27)/b6-4-,13-5+. The van der Waals surface area contributed by atoms with Gasteiger partial charge in [-0.3, -0.25) is 19.7 Å². The molecule has 1 saturated heterocycles. The van der Waals surface area contributed by atoms with E-state index in [1.807, 2.05) is 36.1 Å². The van der Waals surface area contributed by atoms with Crippen molar-refractivity contribution in [3.05, 3.63) is 59.6 Å². The largest absolute Gasteiger partial charge is 0.353 e. The van der Waals surface area contributed by atoms with Gasteiger partial charge in [-0.1, -0.05) is 18.7 Å². The first-order chi connectivity index (χ1) is 13.6. The normalized spacial score (nSPS) is 15.5. The first-order valence-corrected chi connectivity index (χ1v) is 9.00. The monoisotopic (exact) mass is 376 g/mol. The van der Waals surface area contributed by atoms with Crippen LogP contribution in [-0.2, 0) is 4.79 Å². The summed E-state index contributed by atoms with van der Waals surface area (Å²) in [6, 6.07) is 3.70. The highest BCUT2D eigenvalue weighted by atomic mass is 16.2. The van der Waals surface area contributed by atoms with Gasteiger partial charge in [0.05, 0.1) is 28.7 Å². The Labute approximate surface area is 160 Å². The van der Waals surface area contributed by atoms with Crippen LogP contribution in [0.15, 0.2) is 54.0 Å². The summed E-state index contributed by atoms with van der Waals surface area (Å²) in [6.07, 6.45) is 8.60. The van der Waals surface area contributed by atoms with Crippen molar-refractivity contribution >= 4 is 39.4 Å². The number of anilines is 1. The number of nitrogens with zero attached hydrogens (tertiary/aromatic N) is 4. The van der Waals surface area contributed by atoms with E-state index >= 15 is 0 Å². The molecule has 1 aliphatic rings. The molecule has 0 atom stereocenters. The second-order valence-electron chi connectivity index (χ2n) is 6.44. The molecule has 0 spiro atoms. The van der Waals surface area contributed by atoms with Crippen LogP contribution in [0.4, 0.5) is 5.82 Å². The van der Waals surface area contributed by atoms with E-state index in [0.29, 0.717) is 46.5 Å². The minimum Gasteiger partial charge on any atom is -0.353 e. The Morgan fingerprint density at radius 2 is 2.18 bits per heavy atom. The number of pyridine rings is 2. The number of aromatic amines is 1. The molecule has 28 heavy (non-hydrogen) atoms. The highest BCUT2D eigenvalue weighted by Crippen LogP contribution is 2.23. The molecular formula is C20H20N6O2. The Hall–Kier alpha value is -3.68. The van der Waals surface area contributed by atoms with Crippen LogP contribution in [-0.4, -0.2) is 45.3 Å².